The smallest absolute Gasteiger partial charge is 0.224 e. The van der Waals surface area contributed by atoms with Crippen LogP contribution >= 0.6 is 0 Å². The highest BCUT2D eigenvalue weighted by Gasteiger charge is 2.25. The van der Waals surface area contributed by atoms with Gasteiger partial charge in [0.1, 0.15) is 0 Å². The van der Waals surface area contributed by atoms with Crippen molar-refractivity contribution >= 4 is 11.6 Å². The molecule has 1 aromatic rings. The SMILES string of the molecule is CC[C@@H](O)c1ccc(N2CCCC(C(=O)NC)C2)cn1. The van der Waals surface area contributed by atoms with Gasteiger partial charge in [-0.1, -0.05) is 6.92 Å². The van der Waals surface area contributed by atoms with Gasteiger partial charge in [-0.15, -0.1) is 0 Å². The van der Waals surface area contributed by atoms with E-state index in [0.717, 1.165) is 31.6 Å². The van der Waals surface area contributed by atoms with Crippen molar-refractivity contribution in [2.75, 3.05) is 25.0 Å². The van der Waals surface area contributed by atoms with Gasteiger partial charge in [-0.2, -0.15) is 0 Å². The Morgan fingerprint density at radius 1 is 1.60 bits per heavy atom. The molecule has 110 valence electrons. The van der Waals surface area contributed by atoms with Gasteiger partial charge in [-0.25, -0.2) is 0 Å². The molecule has 5 heteroatoms. The van der Waals surface area contributed by atoms with Crippen LogP contribution in [0.2, 0.25) is 0 Å². The fourth-order valence-electron chi connectivity index (χ4n) is 2.62. The summed E-state index contributed by atoms with van der Waals surface area (Å²) < 4.78 is 0. The number of carbonyl (C=O) groups is 1. The molecule has 0 bridgehead atoms. The van der Waals surface area contributed by atoms with Crippen molar-refractivity contribution < 1.29 is 9.90 Å². The zero-order valence-corrected chi connectivity index (χ0v) is 12.2. The van der Waals surface area contributed by atoms with E-state index < -0.39 is 6.10 Å². The number of aromatic nitrogens is 1. The van der Waals surface area contributed by atoms with Crippen LogP contribution in [0.25, 0.3) is 0 Å². The summed E-state index contributed by atoms with van der Waals surface area (Å²) in [7, 11) is 1.68. The van der Waals surface area contributed by atoms with E-state index in [4.69, 9.17) is 0 Å². The first-order valence-corrected chi connectivity index (χ1v) is 7.26. The summed E-state index contributed by atoms with van der Waals surface area (Å²) in [4.78, 5) is 18.3. The number of rotatable bonds is 4. The molecule has 0 radical (unpaired) electrons. The molecule has 20 heavy (non-hydrogen) atoms. The lowest BCUT2D eigenvalue weighted by molar-refractivity contribution is -0.124. The number of nitrogens with zero attached hydrogens (tertiary/aromatic N) is 2. The first kappa shape index (κ1) is 14.8. The molecular weight excluding hydrogens is 254 g/mol. The molecule has 1 saturated heterocycles. The van der Waals surface area contributed by atoms with E-state index >= 15 is 0 Å². The van der Waals surface area contributed by atoms with Crippen LogP contribution in [0, 0.1) is 5.92 Å². The van der Waals surface area contributed by atoms with Crippen molar-refractivity contribution in [1.29, 1.82) is 0 Å². The summed E-state index contributed by atoms with van der Waals surface area (Å²) in [6.45, 7) is 3.61. The number of amides is 1. The minimum atomic E-state index is -0.496. The summed E-state index contributed by atoms with van der Waals surface area (Å²) in [5, 5.41) is 12.5. The van der Waals surface area contributed by atoms with E-state index in [1.807, 2.05) is 19.1 Å². The minimum Gasteiger partial charge on any atom is -0.387 e. The third-order valence-electron chi connectivity index (χ3n) is 3.90. The highest BCUT2D eigenvalue weighted by Crippen LogP contribution is 2.24. The highest BCUT2D eigenvalue weighted by molar-refractivity contribution is 5.79. The highest BCUT2D eigenvalue weighted by atomic mass is 16.3. The number of aliphatic hydroxyl groups is 1. The van der Waals surface area contributed by atoms with Crippen molar-refractivity contribution in [2.24, 2.45) is 5.92 Å². The summed E-state index contributed by atoms with van der Waals surface area (Å²) in [5.74, 6) is 0.162. The second kappa shape index (κ2) is 6.70. The zero-order valence-electron chi connectivity index (χ0n) is 12.2. The standard InChI is InChI=1S/C15H23N3O2/c1-3-14(19)13-7-6-12(9-17-13)18-8-4-5-11(10-18)15(20)16-2/h6-7,9,11,14,19H,3-5,8,10H2,1-2H3,(H,16,20)/t11?,14-/m1/s1. The average molecular weight is 277 g/mol. The van der Waals surface area contributed by atoms with E-state index in [0.29, 0.717) is 12.1 Å². The molecule has 2 heterocycles. The number of aliphatic hydroxyl groups excluding tert-OH is 1. The third kappa shape index (κ3) is 3.28. The lowest BCUT2D eigenvalue weighted by Gasteiger charge is -2.33. The summed E-state index contributed by atoms with van der Waals surface area (Å²) >= 11 is 0. The molecule has 2 N–H and O–H groups in total. The average Bonchev–Trinajstić information content (AvgIpc) is 2.53. The normalized spacial score (nSPS) is 20.6. The van der Waals surface area contributed by atoms with Crippen LogP contribution < -0.4 is 10.2 Å². The molecule has 1 amide bonds. The molecule has 1 unspecified atom stereocenters. The van der Waals surface area contributed by atoms with Gasteiger partial charge in [0, 0.05) is 20.1 Å². The lowest BCUT2D eigenvalue weighted by Crippen LogP contribution is -2.42. The van der Waals surface area contributed by atoms with Crippen molar-refractivity contribution in [2.45, 2.75) is 32.3 Å². The van der Waals surface area contributed by atoms with Crippen LogP contribution in [0.3, 0.4) is 0 Å². The Hall–Kier alpha value is -1.62. The van der Waals surface area contributed by atoms with E-state index in [2.05, 4.69) is 15.2 Å². The van der Waals surface area contributed by atoms with Gasteiger partial charge in [0.2, 0.25) is 5.91 Å². The lowest BCUT2D eigenvalue weighted by atomic mass is 9.97. The molecule has 5 nitrogen and oxygen atoms in total. The second-order valence-corrected chi connectivity index (χ2v) is 5.26. The van der Waals surface area contributed by atoms with Gasteiger partial charge in [-0.3, -0.25) is 9.78 Å². The number of piperidine rings is 1. The number of pyridine rings is 1. The predicted molar refractivity (Wildman–Crippen MR) is 78.5 cm³/mol. The van der Waals surface area contributed by atoms with Crippen molar-refractivity contribution in [1.82, 2.24) is 10.3 Å². The van der Waals surface area contributed by atoms with E-state index in [9.17, 15) is 9.90 Å². The maximum absolute atomic E-state index is 11.7. The van der Waals surface area contributed by atoms with Crippen molar-refractivity contribution in [3.63, 3.8) is 0 Å². The minimum absolute atomic E-state index is 0.0506. The molecule has 2 atom stereocenters. The first-order chi connectivity index (χ1) is 9.65. The number of hydrogen-bond acceptors (Lipinski definition) is 4. The molecular formula is C15H23N3O2. The van der Waals surface area contributed by atoms with Crippen LogP contribution in [0.5, 0.6) is 0 Å². The third-order valence-corrected chi connectivity index (χ3v) is 3.90. The maximum atomic E-state index is 11.7. The van der Waals surface area contributed by atoms with Crippen molar-refractivity contribution in [3.8, 4) is 0 Å². The number of nitrogens with one attached hydrogen (secondary N) is 1. The van der Waals surface area contributed by atoms with E-state index in [1.165, 1.54) is 0 Å². The molecule has 0 spiro atoms. The Bertz CT molecular complexity index is 447. The molecule has 1 aliphatic rings. The maximum Gasteiger partial charge on any atom is 0.224 e. The predicted octanol–water partition coefficient (Wildman–Crippen LogP) is 1.49. The molecule has 1 aromatic heterocycles. The largest absolute Gasteiger partial charge is 0.387 e. The Morgan fingerprint density at radius 3 is 3.00 bits per heavy atom. The number of hydrogen-bond donors (Lipinski definition) is 2. The topological polar surface area (TPSA) is 65.5 Å². The second-order valence-electron chi connectivity index (χ2n) is 5.26. The first-order valence-electron chi connectivity index (χ1n) is 7.26. The van der Waals surface area contributed by atoms with Crippen LogP contribution in [0.15, 0.2) is 18.3 Å². The number of carbonyl (C=O) groups excluding carboxylic acids is 1. The molecule has 1 fully saturated rings. The Balaban J connectivity index is 2.05. The fraction of sp³-hybridized carbons (Fsp3) is 0.600. The molecule has 0 saturated carbocycles. The Morgan fingerprint density at radius 2 is 2.40 bits per heavy atom. The van der Waals surface area contributed by atoms with Crippen LogP contribution in [0.4, 0.5) is 5.69 Å². The van der Waals surface area contributed by atoms with E-state index in [-0.39, 0.29) is 11.8 Å². The van der Waals surface area contributed by atoms with Gasteiger partial charge in [0.15, 0.2) is 0 Å². The molecule has 0 aliphatic carbocycles. The molecule has 2 rings (SSSR count). The van der Waals surface area contributed by atoms with Crippen LogP contribution in [-0.2, 0) is 4.79 Å². The van der Waals surface area contributed by atoms with Gasteiger partial charge in [-0.05, 0) is 31.4 Å². The Labute approximate surface area is 120 Å². The van der Waals surface area contributed by atoms with Gasteiger partial charge >= 0.3 is 0 Å². The van der Waals surface area contributed by atoms with Crippen LogP contribution in [0.1, 0.15) is 38.0 Å². The van der Waals surface area contributed by atoms with E-state index in [1.54, 1.807) is 13.2 Å². The monoisotopic (exact) mass is 277 g/mol. The fourth-order valence-corrected chi connectivity index (χ4v) is 2.62. The summed E-state index contributed by atoms with van der Waals surface area (Å²) in [6, 6.07) is 3.85. The summed E-state index contributed by atoms with van der Waals surface area (Å²) in [6.07, 6.45) is 3.91. The Kier molecular flexibility index (Phi) is 4.95. The number of anilines is 1. The van der Waals surface area contributed by atoms with Crippen molar-refractivity contribution in [3.05, 3.63) is 24.0 Å². The molecule has 0 aromatic carbocycles. The quantitative estimate of drug-likeness (QED) is 0.875. The van der Waals surface area contributed by atoms with Gasteiger partial charge < -0.3 is 15.3 Å². The van der Waals surface area contributed by atoms with Gasteiger partial charge in [0.25, 0.3) is 0 Å². The van der Waals surface area contributed by atoms with Crippen LogP contribution in [-0.4, -0.2) is 36.1 Å². The van der Waals surface area contributed by atoms with Gasteiger partial charge in [0.05, 0.1) is 29.6 Å². The summed E-state index contributed by atoms with van der Waals surface area (Å²) in [5.41, 5.74) is 1.72. The molecule has 1 aliphatic heterocycles. The zero-order chi connectivity index (χ0) is 14.5.